The van der Waals surface area contributed by atoms with E-state index in [2.05, 4.69) is 22.0 Å². The Morgan fingerprint density at radius 3 is 2.88 bits per heavy atom. The summed E-state index contributed by atoms with van der Waals surface area (Å²) in [6.07, 6.45) is 2.65. The van der Waals surface area contributed by atoms with Gasteiger partial charge in [-0.25, -0.2) is 0 Å². The number of rotatable bonds is 5. The average molecular weight is 256 g/mol. The molecule has 4 nitrogen and oxygen atoms in total. The van der Waals surface area contributed by atoms with Crippen molar-refractivity contribution < 1.29 is 4.74 Å². The Kier molecular flexibility index (Phi) is 4.57. The van der Waals surface area contributed by atoms with Crippen molar-refractivity contribution in [2.24, 2.45) is 0 Å². The minimum atomic E-state index is 0.337. The van der Waals surface area contributed by atoms with Gasteiger partial charge in [-0.05, 0) is 31.9 Å². The van der Waals surface area contributed by atoms with E-state index in [9.17, 15) is 0 Å². The van der Waals surface area contributed by atoms with Crippen molar-refractivity contribution in [3.8, 4) is 0 Å². The Hall–Kier alpha value is -0.870. The largest absolute Gasteiger partial charge is 0.376 e. The summed E-state index contributed by atoms with van der Waals surface area (Å²) in [4.78, 5) is 2.20. The third kappa shape index (κ3) is 3.30. The van der Waals surface area contributed by atoms with Crippen molar-refractivity contribution in [1.29, 1.82) is 0 Å². The molecule has 94 valence electrons. The maximum absolute atomic E-state index is 5.69. The molecule has 2 rings (SSSR count). The van der Waals surface area contributed by atoms with Crippen LogP contribution in [0.4, 0.5) is 5.82 Å². The minimum Gasteiger partial charge on any atom is -0.376 e. The van der Waals surface area contributed by atoms with Gasteiger partial charge >= 0.3 is 0 Å². The third-order valence-corrected chi connectivity index (χ3v) is 3.27. The fraction of sp³-hybridized carbons (Fsp3) is 0.667. The normalized spacial score (nSPS) is 19.5. The van der Waals surface area contributed by atoms with Crippen LogP contribution in [0.25, 0.3) is 0 Å². The zero-order valence-corrected chi connectivity index (χ0v) is 10.9. The van der Waals surface area contributed by atoms with E-state index in [4.69, 9.17) is 16.3 Å². The summed E-state index contributed by atoms with van der Waals surface area (Å²) in [5.74, 6) is 1.31. The van der Waals surface area contributed by atoms with Gasteiger partial charge in [-0.3, -0.25) is 0 Å². The molecule has 1 aliphatic rings. The van der Waals surface area contributed by atoms with Gasteiger partial charge in [0.2, 0.25) is 0 Å². The van der Waals surface area contributed by atoms with Crippen LogP contribution in [0.15, 0.2) is 12.1 Å². The molecule has 0 bridgehead atoms. The second-order valence-corrected chi connectivity index (χ2v) is 4.46. The highest BCUT2D eigenvalue weighted by Crippen LogP contribution is 2.17. The third-order valence-electron chi connectivity index (χ3n) is 3.00. The maximum atomic E-state index is 5.69. The predicted octanol–water partition coefficient (Wildman–Crippen LogP) is 2.22. The van der Waals surface area contributed by atoms with Crippen molar-refractivity contribution in [2.75, 3.05) is 24.6 Å². The van der Waals surface area contributed by atoms with Crippen LogP contribution in [0.5, 0.6) is 0 Å². The second-order valence-electron chi connectivity index (χ2n) is 4.19. The molecule has 5 heteroatoms. The molecule has 0 aromatic carbocycles. The van der Waals surface area contributed by atoms with Gasteiger partial charge in [0.25, 0.3) is 0 Å². The SMILES string of the molecule is CCN(CC1CCCO1)c1ccc(CCl)nn1. The number of halogens is 1. The van der Waals surface area contributed by atoms with Gasteiger partial charge in [-0.2, -0.15) is 5.10 Å². The van der Waals surface area contributed by atoms with Crippen LogP contribution in [0.2, 0.25) is 0 Å². The molecule has 1 fully saturated rings. The Labute approximate surface area is 107 Å². The zero-order chi connectivity index (χ0) is 12.1. The van der Waals surface area contributed by atoms with E-state index in [0.29, 0.717) is 12.0 Å². The van der Waals surface area contributed by atoms with Gasteiger partial charge in [0.15, 0.2) is 5.82 Å². The fourth-order valence-electron chi connectivity index (χ4n) is 2.01. The first kappa shape index (κ1) is 12.6. The molecule has 0 aliphatic carbocycles. The zero-order valence-electron chi connectivity index (χ0n) is 10.1. The maximum Gasteiger partial charge on any atom is 0.151 e. The van der Waals surface area contributed by atoms with E-state index >= 15 is 0 Å². The first-order valence-corrected chi connectivity index (χ1v) is 6.62. The lowest BCUT2D eigenvalue weighted by atomic mass is 10.2. The molecule has 1 saturated heterocycles. The molecular weight excluding hydrogens is 238 g/mol. The molecule has 1 aromatic heterocycles. The smallest absolute Gasteiger partial charge is 0.151 e. The van der Waals surface area contributed by atoms with Crippen molar-refractivity contribution in [2.45, 2.75) is 31.7 Å². The van der Waals surface area contributed by atoms with E-state index in [1.54, 1.807) is 0 Å². The van der Waals surface area contributed by atoms with Crippen LogP contribution in [0, 0.1) is 0 Å². The minimum absolute atomic E-state index is 0.337. The topological polar surface area (TPSA) is 38.2 Å². The lowest BCUT2D eigenvalue weighted by Gasteiger charge is -2.24. The molecule has 2 heterocycles. The van der Waals surface area contributed by atoms with Gasteiger partial charge < -0.3 is 9.64 Å². The molecule has 0 amide bonds. The quantitative estimate of drug-likeness (QED) is 0.757. The summed E-state index contributed by atoms with van der Waals surface area (Å²) in [5, 5.41) is 8.27. The summed E-state index contributed by atoms with van der Waals surface area (Å²) in [5.41, 5.74) is 0.809. The summed E-state index contributed by atoms with van der Waals surface area (Å²) in [6.45, 7) is 4.81. The molecule has 0 spiro atoms. The van der Waals surface area contributed by atoms with E-state index in [0.717, 1.165) is 37.6 Å². The lowest BCUT2D eigenvalue weighted by molar-refractivity contribution is 0.115. The molecule has 0 saturated carbocycles. The second kappa shape index (κ2) is 6.17. The fourth-order valence-corrected chi connectivity index (χ4v) is 2.15. The molecule has 1 unspecified atom stereocenters. The van der Waals surface area contributed by atoms with Crippen LogP contribution in [0.1, 0.15) is 25.5 Å². The Balaban J connectivity index is 2.00. The molecular formula is C12H18ClN3O. The van der Waals surface area contributed by atoms with E-state index in [-0.39, 0.29) is 0 Å². The van der Waals surface area contributed by atoms with E-state index in [1.165, 1.54) is 6.42 Å². The monoisotopic (exact) mass is 255 g/mol. The number of anilines is 1. The van der Waals surface area contributed by atoms with Crippen molar-refractivity contribution >= 4 is 17.4 Å². The summed E-state index contributed by atoms with van der Waals surface area (Å²) in [6, 6.07) is 3.90. The van der Waals surface area contributed by atoms with Crippen molar-refractivity contribution in [3.63, 3.8) is 0 Å². The average Bonchev–Trinajstić information content (AvgIpc) is 2.89. The number of aromatic nitrogens is 2. The highest BCUT2D eigenvalue weighted by atomic mass is 35.5. The summed E-state index contributed by atoms with van der Waals surface area (Å²) < 4.78 is 5.64. The standard InChI is InChI=1S/C12H18ClN3O/c1-2-16(9-11-4-3-7-17-11)12-6-5-10(8-13)14-15-12/h5-6,11H,2-4,7-9H2,1H3. The van der Waals surface area contributed by atoms with Crippen molar-refractivity contribution in [1.82, 2.24) is 10.2 Å². The predicted molar refractivity (Wildman–Crippen MR) is 68.5 cm³/mol. The molecule has 17 heavy (non-hydrogen) atoms. The van der Waals surface area contributed by atoms with Gasteiger partial charge in [0, 0.05) is 19.7 Å². The first-order valence-electron chi connectivity index (χ1n) is 6.08. The van der Waals surface area contributed by atoms with Crippen LogP contribution < -0.4 is 4.90 Å². The van der Waals surface area contributed by atoms with Crippen LogP contribution >= 0.6 is 11.6 Å². The number of likely N-dealkylation sites (N-methyl/N-ethyl adjacent to an activating group) is 1. The van der Waals surface area contributed by atoms with E-state index < -0.39 is 0 Å². The van der Waals surface area contributed by atoms with Gasteiger partial charge in [-0.1, -0.05) is 0 Å². The Bertz CT molecular complexity index is 338. The van der Waals surface area contributed by atoms with E-state index in [1.807, 2.05) is 12.1 Å². The highest BCUT2D eigenvalue weighted by molar-refractivity contribution is 6.16. The van der Waals surface area contributed by atoms with Crippen LogP contribution in [-0.2, 0) is 10.6 Å². The molecule has 1 aromatic rings. The van der Waals surface area contributed by atoms with Gasteiger partial charge in [-0.15, -0.1) is 16.7 Å². The molecule has 1 aliphatic heterocycles. The van der Waals surface area contributed by atoms with Gasteiger partial charge in [0.05, 0.1) is 17.7 Å². The summed E-state index contributed by atoms with van der Waals surface area (Å²) in [7, 11) is 0. The Morgan fingerprint density at radius 2 is 2.35 bits per heavy atom. The van der Waals surface area contributed by atoms with Crippen LogP contribution in [-0.4, -0.2) is 36.0 Å². The van der Waals surface area contributed by atoms with Crippen molar-refractivity contribution in [3.05, 3.63) is 17.8 Å². The van der Waals surface area contributed by atoms with Gasteiger partial charge in [0.1, 0.15) is 0 Å². The Morgan fingerprint density at radius 1 is 1.47 bits per heavy atom. The number of ether oxygens (including phenoxy) is 1. The first-order chi connectivity index (χ1) is 8.33. The molecule has 0 N–H and O–H groups in total. The highest BCUT2D eigenvalue weighted by Gasteiger charge is 2.19. The number of hydrogen-bond acceptors (Lipinski definition) is 4. The summed E-state index contributed by atoms with van der Waals surface area (Å²) >= 11 is 5.69. The number of alkyl halides is 1. The number of hydrogen-bond donors (Lipinski definition) is 0. The number of nitrogens with zero attached hydrogens (tertiary/aromatic N) is 3. The van der Waals surface area contributed by atoms with Crippen LogP contribution in [0.3, 0.4) is 0 Å². The lowest BCUT2D eigenvalue weighted by Crippen LogP contribution is -2.32. The molecule has 1 atom stereocenters. The molecule has 0 radical (unpaired) electrons.